The van der Waals surface area contributed by atoms with Crippen LogP contribution in [-0.4, -0.2) is 35.8 Å². The maximum atomic E-state index is 10.0. The molecule has 1 aromatic carbocycles. The van der Waals surface area contributed by atoms with Gasteiger partial charge in [-0.3, -0.25) is 0 Å². The van der Waals surface area contributed by atoms with E-state index in [0.717, 1.165) is 11.1 Å². The molecule has 0 aliphatic rings. The van der Waals surface area contributed by atoms with Gasteiger partial charge in [-0.1, -0.05) is 12.1 Å². The number of hydrogen-bond acceptors (Lipinski definition) is 5. The van der Waals surface area contributed by atoms with Crippen LogP contribution >= 0.6 is 0 Å². The number of rotatable bonds is 4. The molecular weight excluding hydrogens is 218 g/mol. The lowest BCUT2D eigenvalue weighted by Gasteiger charge is -2.12. The van der Waals surface area contributed by atoms with Crippen molar-refractivity contribution in [2.75, 3.05) is 20.7 Å². The van der Waals surface area contributed by atoms with Crippen molar-refractivity contribution in [1.82, 2.24) is 15.3 Å². The first-order valence-corrected chi connectivity index (χ1v) is 5.38. The van der Waals surface area contributed by atoms with Crippen LogP contribution in [0.4, 0.5) is 0 Å². The lowest BCUT2D eigenvalue weighted by Crippen LogP contribution is -2.17. The van der Waals surface area contributed by atoms with Crippen molar-refractivity contribution in [2.24, 2.45) is 0 Å². The van der Waals surface area contributed by atoms with E-state index < -0.39 is 6.10 Å². The van der Waals surface area contributed by atoms with Crippen LogP contribution in [0.25, 0.3) is 11.0 Å². The highest BCUT2D eigenvalue weighted by atomic mass is 16.5. The number of aliphatic hydroxyl groups is 1. The van der Waals surface area contributed by atoms with Gasteiger partial charge >= 0.3 is 0 Å². The van der Waals surface area contributed by atoms with Gasteiger partial charge in [0.15, 0.2) is 0 Å². The van der Waals surface area contributed by atoms with Crippen LogP contribution in [0.15, 0.2) is 24.4 Å². The van der Waals surface area contributed by atoms with Crippen LogP contribution in [0.1, 0.15) is 11.7 Å². The average molecular weight is 233 g/mol. The van der Waals surface area contributed by atoms with Crippen LogP contribution in [0, 0.1) is 0 Å². The zero-order chi connectivity index (χ0) is 12.3. The fourth-order valence-corrected chi connectivity index (χ4v) is 1.71. The lowest BCUT2D eigenvalue weighted by molar-refractivity contribution is 0.179. The Hall–Kier alpha value is -1.72. The molecule has 0 radical (unpaired) electrons. The second-order valence-corrected chi connectivity index (χ2v) is 3.70. The normalized spacial score (nSPS) is 12.6. The van der Waals surface area contributed by atoms with Gasteiger partial charge in [-0.05, 0) is 13.1 Å². The van der Waals surface area contributed by atoms with E-state index >= 15 is 0 Å². The largest absolute Gasteiger partial charge is 0.480 e. The SMILES string of the molecule is CNCC(O)c1cccc2ncc(OC)nc12. The van der Waals surface area contributed by atoms with Crippen LogP contribution in [0.5, 0.6) is 5.88 Å². The number of ether oxygens (including phenoxy) is 1. The lowest BCUT2D eigenvalue weighted by atomic mass is 10.1. The quantitative estimate of drug-likeness (QED) is 0.821. The van der Waals surface area contributed by atoms with Gasteiger partial charge in [-0.15, -0.1) is 0 Å². The fourth-order valence-electron chi connectivity index (χ4n) is 1.71. The minimum atomic E-state index is -0.606. The molecule has 1 unspecified atom stereocenters. The number of aromatic nitrogens is 2. The van der Waals surface area contributed by atoms with E-state index in [2.05, 4.69) is 15.3 Å². The zero-order valence-electron chi connectivity index (χ0n) is 9.84. The molecule has 0 aliphatic carbocycles. The fraction of sp³-hybridized carbons (Fsp3) is 0.333. The Bertz CT molecular complexity index is 516. The van der Waals surface area contributed by atoms with E-state index in [1.807, 2.05) is 18.2 Å². The number of aliphatic hydroxyl groups excluding tert-OH is 1. The van der Waals surface area contributed by atoms with Crippen molar-refractivity contribution in [3.8, 4) is 5.88 Å². The summed E-state index contributed by atoms with van der Waals surface area (Å²) in [5.41, 5.74) is 2.18. The number of nitrogens with one attached hydrogen (secondary N) is 1. The molecule has 2 rings (SSSR count). The van der Waals surface area contributed by atoms with E-state index in [4.69, 9.17) is 4.74 Å². The molecule has 5 nitrogen and oxygen atoms in total. The molecule has 5 heteroatoms. The summed E-state index contributed by atoms with van der Waals surface area (Å²) in [6.07, 6.45) is 0.960. The van der Waals surface area contributed by atoms with Crippen LogP contribution in [-0.2, 0) is 0 Å². The van der Waals surface area contributed by atoms with Gasteiger partial charge in [0.25, 0.3) is 0 Å². The molecule has 1 aromatic heterocycles. The van der Waals surface area contributed by atoms with Gasteiger partial charge in [0.1, 0.15) is 0 Å². The summed E-state index contributed by atoms with van der Waals surface area (Å²) in [5, 5.41) is 12.9. The molecule has 1 atom stereocenters. The molecule has 2 aromatic rings. The van der Waals surface area contributed by atoms with E-state index in [-0.39, 0.29) is 0 Å². The van der Waals surface area contributed by atoms with Gasteiger partial charge in [-0.2, -0.15) is 0 Å². The van der Waals surface area contributed by atoms with Gasteiger partial charge in [0, 0.05) is 12.1 Å². The highest BCUT2D eigenvalue weighted by Gasteiger charge is 2.12. The summed E-state index contributed by atoms with van der Waals surface area (Å²) in [7, 11) is 3.34. The Balaban J connectivity index is 2.54. The predicted octanol–water partition coefficient (Wildman–Crippen LogP) is 0.891. The molecule has 0 saturated heterocycles. The number of methoxy groups -OCH3 is 1. The molecule has 0 aliphatic heterocycles. The third kappa shape index (κ3) is 2.35. The van der Waals surface area contributed by atoms with Crippen molar-refractivity contribution in [3.05, 3.63) is 30.0 Å². The molecule has 0 bridgehead atoms. The number of benzene rings is 1. The van der Waals surface area contributed by atoms with Gasteiger partial charge in [-0.25, -0.2) is 9.97 Å². The zero-order valence-corrected chi connectivity index (χ0v) is 9.84. The van der Waals surface area contributed by atoms with Crippen LogP contribution < -0.4 is 10.1 Å². The summed E-state index contributed by atoms with van der Waals surface area (Å²) in [4.78, 5) is 8.56. The molecule has 0 saturated carbocycles. The Morgan fingerprint density at radius 2 is 2.29 bits per heavy atom. The van der Waals surface area contributed by atoms with Gasteiger partial charge < -0.3 is 15.2 Å². The third-order valence-electron chi connectivity index (χ3n) is 2.55. The standard InChI is InChI=1S/C12H15N3O2/c1-13-6-10(16)8-4-3-5-9-12(8)15-11(17-2)7-14-9/h3-5,7,10,13,16H,6H2,1-2H3. The van der Waals surface area contributed by atoms with Gasteiger partial charge in [0.05, 0.1) is 30.4 Å². The molecule has 0 fully saturated rings. The second kappa shape index (κ2) is 5.07. The third-order valence-corrected chi connectivity index (χ3v) is 2.55. The molecule has 90 valence electrons. The summed E-state index contributed by atoms with van der Waals surface area (Å²) < 4.78 is 5.05. The summed E-state index contributed by atoms with van der Waals surface area (Å²) in [6, 6.07) is 5.56. The number of fused-ring (bicyclic) bond motifs is 1. The first-order valence-electron chi connectivity index (χ1n) is 5.38. The second-order valence-electron chi connectivity index (χ2n) is 3.70. The monoisotopic (exact) mass is 233 g/mol. The summed E-state index contributed by atoms with van der Waals surface area (Å²) >= 11 is 0. The van der Waals surface area contributed by atoms with E-state index in [1.165, 1.54) is 0 Å². The highest BCUT2D eigenvalue weighted by molar-refractivity contribution is 5.78. The number of likely N-dealkylation sites (N-methyl/N-ethyl adjacent to an activating group) is 1. The minimum absolute atomic E-state index is 0.446. The number of hydrogen-bond donors (Lipinski definition) is 2. The Kier molecular flexibility index (Phi) is 3.51. The van der Waals surface area contributed by atoms with Crippen molar-refractivity contribution in [3.63, 3.8) is 0 Å². The molecule has 2 N–H and O–H groups in total. The summed E-state index contributed by atoms with van der Waals surface area (Å²) in [5.74, 6) is 0.446. The molecule has 0 spiro atoms. The molecule has 1 heterocycles. The molecular formula is C12H15N3O2. The van der Waals surface area contributed by atoms with Crippen LogP contribution in [0.2, 0.25) is 0 Å². The first-order chi connectivity index (χ1) is 8.26. The summed E-state index contributed by atoms with van der Waals surface area (Å²) in [6.45, 7) is 0.470. The smallest absolute Gasteiger partial charge is 0.232 e. The van der Waals surface area contributed by atoms with Crippen LogP contribution in [0.3, 0.4) is 0 Å². The number of para-hydroxylation sites is 1. The Morgan fingerprint density at radius 3 is 3.00 bits per heavy atom. The molecule has 17 heavy (non-hydrogen) atoms. The molecule has 0 amide bonds. The topological polar surface area (TPSA) is 67.3 Å². The minimum Gasteiger partial charge on any atom is -0.480 e. The van der Waals surface area contributed by atoms with Crippen molar-refractivity contribution < 1.29 is 9.84 Å². The van der Waals surface area contributed by atoms with Crippen molar-refractivity contribution >= 4 is 11.0 Å². The predicted molar refractivity (Wildman–Crippen MR) is 65.0 cm³/mol. The number of nitrogens with zero attached hydrogens (tertiary/aromatic N) is 2. The van der Waals surface area contributed by atoms with E-state index in [1.54, 1.807) is 20.4 Å². The highest BCUT2D eigenvalue weighted by Crippen LogP contribution is 2.22. The first kappa shape index (κ1) is 11.8. The van der Waals surface area contributed by atoms with Crippen molar-refractivity contribution in [1.29, 1.82) is 0 Å². The van der Waals surface area contributed by atoms with Crippen molar-refractivity contribution in [2.45, 2.75) is 6.10 Å². The van der Waals surface area contributed by atoms with E-state index in [9.17, 15) is 5.11 Å². The van der Waals surface area contributed by atoms with E-state index in [0.29, 0.717) is 17.9 Å². The Labute approximate surface area is 99.5 Å². The Morgan fingerprint density at radius 1 is 1.47 bits per heavy atom. The maximum absolute atomic E-state index is 10.0. The maximum Gasteiger partial charge on any atom is 0.232 e. The van der Waals surface area contributed by atoms with Gasteiger partial charge in [0.2, 0.25) is 5.88 Å². The average Bonchev–Trinajstić information content (AvgIpc) is 2.37.